The summed E-state index contributed by atoms with van der Waals surface area (Å²) in [6.45, 7) is 3.96. The average Bonchev–Trinajstić information content (AvgIpc) is 2.70. The number of nitrogens with one attached hydrogen (secondary N) is 1. The molecule has 1 unspecified atom stereocenters. The molecule has 0 fully saturated rings. The lowest BCUT2D eigenvalue weighted by atomic mass is 10.1. The second-order valence-electron chi connectivity index (χ2n) is 3.67. The normalized spacial score (nSPS) is 21.2. The van der Waals surface area contributed by atoms with Gasteiger partial charge in [0.25, 0.3) is 5.91 Å². The molecule has 1 aliphatic rings. The van der Waals surface area contributed by atoms with Gasteiger partial charge in [0.05, 0.1) is 11.8 Å². The van der Waals surface area contributed by atoms with Crippen molar-refractivity contribution in [3.63, 3.8) is 0 Å². The molecule has 0 spiro atoms. The minimum atomic E-state index is -0.264. The van der Waals surface area contributed by atoms with Gasteiger partial charge in [-0.25, -0.2) is 0 Å². The molecular formula is C10H12N2O2. The van der Waals surface area contributed by atoms with Crippen molar-refractivity contribution in [2.24, 2.45) is 10.9 Å². The molecule has 1 N–H and O–H groups in total. The summed E-state index contributed by atoms with van der Waals surface area (Å²) >= 11 is 0. The number of hydrogen-bond acceptors (Lipinski definition) is 3. The third-order valence-corrected chi connectivity index (χ3v) is 2.20. The summed E-state index contributed by atoms with van der Waals surface area (Å²) in [4.78, 5) is 15.8. The fourth-order valence-corrected chi connectivity index (χ4v) is 1.42. The van der Waals surface area contributed by atoms with Gasteiger partial charge in [-0.05, 0) is 12.0 Å². The number of hydrogen-bond donors (Lipinski definition) is 1. The van der Waals surface area contributed by atoms with Gasteiger partial charge >= 0.3 is 0 Å². The van der Waals surface area contributed by atoms with E-state index < -0.39 is 0 Å². The third kappa shape index (κ3) is 1.43. The third-order valence-electron chi connectivity index (χ3n) is 2.20. The van der Waals surface area contributed by atoms with Gasteiger partial charge < -0.3 is 9.73 Å². The predicted molar refractivity (Wildman–Crippen MR) is 52.0 cm³/mol. The van der Waals surface area contributed by atoms with E-state index in [4.69, 9.17) is 4.42 Å². The molecule has 0 aliphatic carbocycles. The highest BCUT2D eigenvalue weighted by molar-refractivity contribution is 6.13. The van der Waals surface area contributed by atoms with Crippen LogP contribution in [0.5, 0.6) is 0 Å². The first-order valence-corrected chi connectivity index (χ1v) is 4.59. The number of amidine groups is 1. The Morgan fingerprint density at radius 2 is 2.36 bits per heavy atom. The second-order valence-corrected chi connectivity index (χ2v) is 3.67. The first-order chi connectivity index (χ1) is 6.68. The molecule has 4 nitrogen and oxygen atoms in total. The van der Waals surface area contributed by atoms with Crippen molar-refractivity contribution in [2.45, 2.75) is 19.9 Å². The highest BCUT2D eigenvalue weighted by Crippen LogP contribution is 2.14. The van der Waals surface area contributed by atoms with Gasteiger partial charge in [-0.2, -0.15) is 0 Å². The van der Waals surface area contributed by atoms with Crippen LogP contribution in [0.25, 0.3) is 0 Å². The largest absolute Gasteiger partial charge is 0.472 e. The van der Waals surface area contributed by atoms with E-state index in [0.29, 0.717) is 5.84 Å². The lowest BCUT2D eigenvalue weighted by Gasteiger charge is -2.06. The average molecular weight is 192 g/mol. The minimum absolute atomic E-state index is 0.0313. The summed E-state index contributed by atoms with van der Waals surface area (Å²) in [5.74, 6) is 0.804. The van der Waals surface area contributed by atoms with Crippen LogP contribution < -0.4 is 5.32 Å². The van der Waals surface area contributed by atoms with Crippen LogP contribution in [0.2, 0.25) is 0 Å². The molecule has 1 aliphatic heterocycles. The van der Waals surface area contributed by atoms with E-state index >= 15 is 0 Å². The molecule has 1 atom stereocenters. The molecule has 1 aromatic rings. The maximum atomic E-state index is 11.5. The zero-order chi connectivity index (χ0) is 10.1. The van der Waals surface area contributed by atoms with Crippen molar-refractivity contribution in [2.75, 3.05) is 0 Å². The van der Waals surface area contributed by atoms with Gasteiger partial charge in [0.15, 0.2) is 0 Å². The van der Waals surface area contributed by atoms with E-state index in [2.05, 4.69) is 10.3 Å². The lowest BCUT2D eigenvalue weighted by Crippen LogP contribution is -2.31. The Morgan fingerprint density at radius 3 is 2.86 bits per heavy atom. The Morgan fingerprint density at radius 1 is 1.57 bits per heavy atom. The van der Waals surface area contributed by atoms with Gasteiger partial charge in [-0.15, -0.1) is 0 Å². The van der Waals surface area contributed by atoms with Gasteiger partial charge in [-0.3, -0.25) is 9.79 Å². The van der Waals surface area contributed by atoms with Crippen molar-refractivity contribution in [1.82, 2.24) is 5.32 Å². The molecule has 4 heteroatoms. The topological polar surface area (TPSA) is 54.6 Å². The molecular weight excluding hydrogens is 180 g/mol. The summed E-state index contributed by atoms with van der Waals surface area (Å²) in [7, 11) is 0. The maximum Gasteiger partial charge on any atom is 0.250 e. The number of rotatable bonds is 2. The summed E-state index contributed by atoms with van der Waals surface area (Å²) in [6.07, 6.45) is 3.13. The van der Waals surface area contributed by atoms with E-state index in [0.717, 1.165) is 5.56 Å². The van der Waals surface area contributed by atoms with Crippen LogP contribution in [0.4, 0.5) is 0 Å². The lowest BCUT2D eigenvalue weighted by molar-refractivity contribution is -0.120. The smallest absolute Gasteiger partial charge is 0.250 e. The van der Waals surface area contributed by atoms with E-state index in [1.165, 1.54) is 0 Å². The summed E-state index contributed by atoms with van der Waals surface area (Å²) in [5.41, 5.74) is 0.821. The molecule has 14 heavy (non-hydrogen) atoms. The quantitative estimate of drug-likeness (QED) is 0.765. The van der Waals surface area contributed by atoms with Crippen LogP contribution >= 0.6 is 0 Å². The van der Waals surface area contributed by atoms with E-state index in [-0.39, 0.29) is 17.9 Å². The van der Waals surface area contributed by atoms with Gasteiger partial charge in [-0.1, -0.05) is 13.8 Å². The molecule has 2 heterocycles. The molecule has 0 saturated carbocycles. The van der Waals surface area contributed by atoms with Crippen LogP contribution in [0, 0.1) is 5.92 Å². The molecule has 2 rings (SSSR count). The van der Waals surface area contributed by atoms with Crippen LogP contribution in [-0.4, -0.2) is 17.8 Å². The Labute approximate surface area is 82.0 Å². The Hall–Kier alpha value is -1.58. The monoisotopic (exact) mass is 192 g/mol. The Bertz CT molecular complexity index is 365. The summed E-state index contributed by atoms with van der Waals surface area (Å²) in [5, 5.41) is 2.74. The molecule has 0 radical (unpaired) electrons. The number of amides is 1. The van der Waals surface area contributed by atoms with Gasteiger partial charge in [0.2, 0.25) is 0 Å². The van der Waals surface area contributed by atoms with Crippen molar-refractivity contribution in [3.8, 4) is 0 Å². The molecule has 0 bridgehead atoms. The molecule has 1 amide bonds. The molecule has 0 saturated heterocycles. The maximum absolute atomic E-state index is 11.5. The van der Waals surface area contributed by atoms with E-state index in [1.54, 1.807) is 18.6 Å². The van der Waals surface area contributed by atoms with Gasteiger partial charge in [0, 0.05) is 0 Å². The Kier molecular flexibility index (Phi) is 2.11. The Balaban J connectivity index is 2.25. The SMILES string of the molecule is CC(C)C1N=C(c2ccoc2)NC1=O. The first-order valence-electron chi connectivity index (χ1n) is 4.59. The van der Waals surface area contributed by atoms with Crippen molar-refractivity contribution in [3.05, 3.63) is 24.2 Å². The van der Waals surface area contributed by atoms with E-state index in [1.807, 2.05) is 13.8 Å². The van der Waals surface area contributed by atoms with Crippen LogP contribution in [0.3, 0.4) is 0 Å². The second kappa shape index (κ2) is 3.29. The van der Waals surface area contributed by atoms with Crippen molar-refractivity contribution in [1.29, 1.82) is 0 Å². The molecule has 74 valence electrons. The highest BCUT2D eigenvalue weighted by Gasteiger charge is 2.29. The standard InChI is InChI=1S/C10H12N2O2/c1-6(2)8-10(13)12-9(11-8)7-3-4-14-5-7/h3-6,8H,1-2H3,(H,11,12,13). The number of carbonyl (C=O) groups is 1. The fourth-order valence-electron chi connectivity index (χ4n) is 1.42. The van der Waals surface area contributed by atoms with E-state index in [9.17, 15) is 4.79 Å². The molecule has 1 aromatic heterocycles. The van der Waals surface area contributed by atoms with Crippen LogP contribution in [0.15, 0.2) is 28.0 Å². The zero-order valence-corrected chi connectivity index (χ0v) is 8.15. The number of furan rings is 1. The van der Waals surface area contributed by atoms with Crippen molar-refractivity contribution < 1.29 is 9.21 Å². The number of aliphatic imine (C=N–C) groups is 1. The predicted octanol–water partition coefficient (Wildman–Crippen LogP) is 1.18. The van der Waals surface area contributed by atoms with Crippen LogP contribution in [0.1, 0.15) is 19.4 Å². The highest BCUT2D eigenvalue weighted by atomic mass is 16.3. The van der Waals surface area contributed by atoms with Crippen molar-refractivity contribution >= 4 is 11.7 Å². The van der Waals surface area contributed by atoms with Gasteiger partial charge in [0.1, 0.15) is 18.1 Å². The zero-order valence-electron chi connectivity index (χ0n) is 8.15. The fraction of sp³-hybridized carbons (Fsp3) is 0.400. The summed E-state index contributed by atoms with van der Waals surface area (Å²) in [6, 6.07) is 1.52. The molecule has 0 aromatic carbocycles. The van der Waals surface area contributed by atoms with Crippen LogP contribution in [-0.2, 0) is 4.79 Å². The number of carbonyl (C=O) groups excluding carboxylic acids is 1. The minimum Gasteiger partial charge on any atom is -0.472 e. The summed E-state index contributed by atoms with van der Waals surface area (Å²) < 4.78 is 4.93. The first kappa shape index (κ1) is 8.99. The number of nitrogens with zero attached hydrogens (tertiary/aromatic N) is 1.